The van der Waals surface area contributed by atoms with Crippen molar-refractivity contribution < 1.29 is 23.9 Å². The maximum atomic E-state index is 12.6. The topological polar surface area (TPSA) is 82.6 Å². The molecule has 0 spiro atoms. The maximum Gasteiger partial charge on any atom is 0.362 e. The number of pyridine rings is 1. The Kier molecular flexibility index (Phi) is 5.26. The molecule has 6 heteroatoms. The number of nitrogens with zero attached hydrogens (tertiary/aromatic N) is 1. The monoisotopic (exact) mass is 363 g/mol. The molecule has 0 fully saturated rings. The number of Topliss-reactive ketones (excluding diaryl/α,β-unsaturated/α-hetero) is 1. The Morgan fingerprint density at radius 2 is 1.59 bits per heavy atom. The Hall–Kier alpha value is -3.54. The summed E-state index contributed by atoms with van der Waals surface area (Å²) in [6.07, 6.45) is 0. The number of esters is 2. The van der Waals surface area contributed by atoms with Crippen LogP contribution in [-0.4, -0.2) is 29.3 Å². The lowest BCUT2D eigenvalue weighted by molar-refractivity contribution is 0.0519. The number of hydrogen-bond donors (Lipinski definition) is 0. The molecule has 2 aromatic carbocycles. The van der Waals surface area contributed by atoms with Crippen LogP contribution in [0.3, 0.4) is 0 Å². The first-order chi connectivity index (χ1) is 13.0. The highest BCUT2D eigenvalue weighted by Gasteiger charge is 2.19. The van der Waals surface area contributed by atoms with Gasteiger partial charge in [-0.25, -0.2) is 14.6 Å². The zero-order chi connectivity index (χ0) is 19.4. The van der Waals surface area contributed by atoms with Crippen LogP contribution in [0.1, 0.15) is 45.2 Å². The van der Waals surface area contributed by atoms with Gasteiger partial charge in [0, 0.05) is 5.39 Å². The lowest BCUT2D eigenvalue weighted by Gasteiger charge is -2.11. The molecule has 0 aliphatic carbocycles. The molecule has 1 aromatic heterocycles. The summed E-state index contributed by atoms with van der Waals surface area (Å²) in [6, 6.07) is 15.1. The van der Waals surface area contributed by atoms with Crippen molar-refractivity contribution in [3.8, 4) is 5.75 Å². The Morgan fingerprint density at radius 3 is 2.30 bits per heavy atom. The molecule has 0 saturated carbocycles. The highest BCUT2D eigenvalue weighted by atomic mass is 16.5. The number of fused-ring (bicyclic) bond motifs is 1. The molecular formula is C21H17NO5. The average molecular weight is 363 g/mol. The second kappa shape index (κ2) is 7.78. The molecule has 0 amide bonds. The van der Waals surface area contributed by atoms with Crippen molar-refractivity contribution in [3.63, 3.8) is 0 Å². The van der Waals surface area contributed by atoms with Crippen LogP contribution in [0.15, 0.2) is 54.6 Å². The fourth-order valence-electron chi connectivity index (χ4n) is 2.64. The molecule has 0 bridgehead atoms. The van der Waals surface area contributed by atoms with E-state index in [-0.39, 0.29) is 29.5 Å². The predicted octanol–water partition coefficient (Wildman–Crippen LogP) is 3.83. The molecule has 3 rings (SSSR count). The molecular weight excluding hydrogens is 346 g/mol. The van der Waals surface area contributed by atoms with Gasteiger partial charge in [-0.1, -0.05) is 36.4 Å². The molecule has 0 unspecified atom stereocenters. The number of ketones is 1. The van der Waals surface area contributed by atoms with Gasteiger partial charge < -0.3 is 9.47 Å². The fraction of sp³-hybridized carbons (Fsp3) is 0.143. The summed E-state index contributed by atoms with van der Waals surface area (Å²) >= 11 is 0. The van der Waals surface area contributed by atoms with E-state index in [1.807, 2.05) is 12.1 Å². The first-order valence-electron chi connectivity index (χ1n) is 8.40. The minimum absolute atomic E-state index is 0.0102. The third-order valence-corrected chi connectivity index (χ3v) is 3.90. The van der Waals surface area contributed by atoms with Gasteiger partial charge in [-0.05, 0) is 37.4 Å². The minimum Gasteiger partial charge on any atom is -0.461 e. The first kappa shape index (κ1) is 18.3. The van der Waals surface area contributed by atoms with Gasteiger partial charge >= 0.3 is 11.9 Å². The maximum absolute atomic E-state index is 12.6. The standard InChI is InChI=1S/C21H17NO5/c1-3-26-20(24)17-9-6-10-18(22-17)21(25)27-19-15(13(2)23)12-11-14-7-4-5-8-16(14)19/h4-12H,3H2,1-2H3. The Labute approximate surface area is 155 Å². The summed E-state index contributed by atoms with van der Waals surface area (Å²) in [5.74, 6) is -1.44. The highest BCUT2D eigenvalue weighted by Crippen LogP contribution is 2.31. The summed E-state index contributed by atoms with van der Waals surface area (Å²) < 4.78 is 10.4. The molecule has 0 atom stereocenters. The van der Waals surface area contributed by atoms with Gasteiger partial charge in [-0.15, -0.1) is 0 Å². The summed E-state index contributed by atoms with van der Waals surface area (Å²) in [4.78, 5) is 40.4. The zero-order valence-corrected chi connectivity index (χ0v) is 14.9. The molecule has 0 N–H and O–H groups in total. The van der Waals surface area contributed by atoms with E-state index in [4.69, 9.17) is 9.47 Å². The molecule has 1 heterocycles. The van der Waals surface area contributed by atoms with Gasteiger partial charge in [0.1, 0.15) is 17.1 Å². The molecule has 0 saturated heterocycles. The Balaban J connectivity index is 1.99. The van der Waals surface area contributed by atoms with Gasteiger partial charge in [0.15, 0.2) is 5.78 Å². The normalized spacial score (nSPS) is 10.4. The van der Waals surface area contributed by atoms with Crippen molar-refractivity contribution in [2.24, 2.45) is 0 Å². The van der Waals surface area contributed by atoms with Gasteiger partial charge in [0.25, 0.3) is 0 Å². The van der Waals surface area contributed by atoms with Crippen molar-refractivity contribution in [2.45, 2.75) is 13.8 Å². The second-order valence-corrected chi connectivity index (χ2v) is 5.74. The molecule has 0 aliphatic heterocycles. The van der Waals surface area contributed by atoms with Crippen LogP contribution >= 0.6 is 0 Å². The number of carbonyl (C=O) groups is 3. The van der Waals surface area contributed by atoms with E-state index < -0.39 is 11.9 Å². The predicted molar refractivity (Wildman–Crippen MR) is 99.1 cm³/mol. The number of ether oxygens (including phenoxy) is 2. The second-order valence-electron chi connectivity index (χ2n) is 5.74. The van der Waals surface area contributed by atoms with Gasteiger partial charge in [-0.3, -0.25) is 4.79 Å². The lowest BCUT2D eigenvalue weighted by Crippen LogP contribution is -2.15. The third kappa shape index (κ3) is 3.84. The van der Waals surface area contributed by atoms with Crippen molar-refractivity contribution in [3.05, 3.63) is 71.5 Å². The van der Waals surface area contributed by atoms with Crippen LogP contribution < -0.4 is 4.74 Å². The summed E-state index contributed by atoms with van der Waals surface area (Å²) in [6.45, 7) is 3.29. The number of rotatable bonds is 5. The lowest BCUT2D eigenvalue weighted by atomic mass is 10.0. The average Bonchev–Trinajstić information content (AvgIpc) is 2.68. The van der Waals surface area contributed by atoms with E-state index in [0.29, 0.717) is 10.9 Å². The van der Waals surface area contributed by atoms with Gasteiger partial charge in [0.05, 0.1) is 12.2 Å². The van der Waals surface area contributed by atoms with Crippen LogP contribution in [0, 0.1) is 0 Å². The van der Waals surface area contributed by atoms with Crippen LogP contribution in [0.2, 0.25) is 0 Å². The summed E-state index contributed by atoms with van der Waals surface area (Å²) in [5, 5.41) is 1.47. The fourth-order valence-corrected chi connectivity index (χ4v) is 2.64. The van der Waals surface area contributed by atoms with Crippen molar-refractivity contribution >= 4 is 28.5 Å². The summed E-state index contributed by atoms with van der Waals surface area (Å²) in [7, 11) is 0. The smallest absolute Gasteiger partial charge is 0.362 e. The molecule has 136 valence electrons. The summed E-state index contributed by atoms with van der Waals surface area (Å²) in [5.41, 5.74) is 0.252. The highest BCUT2D eigenvalue weighted by molar-refractivity contribution is 6.05. The Bertz CT molecular complexity index is 1040. The first-order valence-corrected chi connectivity index (χ1v) is 8.40. The van der Waals surface area contributed by atoms with E-state index in [1.165, 1.54) is 25.1 Å². The number of carbonyl (C=O) groups excluding carboxylic acids is 3. The van der Waals surface area contributed by atoms with E-state index in [9.17, 15) is 14.4 Å². The van der Waals surface area contributed by atoms with Crippen LogP contribution in [0.4, 0.5) is 0 Å². The van der Waals surface area contributed by atoms with Crippen LogP contribution in [-0.2, 0) is 4.74 Å². The molecule has 3 aromatic rings. The quantitative estimate of drug-likeness (QED) is 0.389. The minimum atomic E-state index is -0.764. The zero-order valence-electron chi connectivity index (χ0n) is 14.9. The number of hydrogen-bond acceptors (Lipinski definition) is 6. The van der Waals surface area contributed by atoms with Crippen LogP contribution in [0.25, 0.3) is 10.8 Å². The molecule has 0 radical (unpaired) electrons. The van der Waals surface area contributed by atoms with E-state index >= 15 is 0 Å². The third-order valence-electron chi connectivity index (χ3n) is 3.90. The van der Waals surface area contributed by atoms with Crippen molar-refractivity contribution in [1.29, 1.82) is 0 Å². The van der Waals surface area contributed by atoms with Crippen LogP contribution in [0.5, 0.6) is 5.75 Å². The Morgan fingerprint density at radius 1 is 0.889 bits per heavy atom. The van der Waals surface area contributed by atoms with Crippen molar-refractivity contribution in [1.82, 2.24) is 4.98 Å². The largest absolute Gasteiger partial charge is 0.461 e. The van der Waals surface area contributed by atoms with Gasteiger partial charge in [0.2, 0.25) is 0 Å². The van der Waals surface area contributed by atoms with E-state index in [0.717, 1.165) is 5.39 Å². The van der Waals surface area contributed by atoms with Gasteiger partial charge in [-0.2, -0.15) is 0 Å². The SMILES string of the molecule is CCOC(=O)c1cccc(C(=O)Oc2c(C(C)=O)ccc3ccccc23)n1. The van der Waals surface area contributed by atoms with E-state index in [2.05, 4.69) is 4.98 Å². The number of aromatic nitrogens is 1. The molecule has 0 aliphatic rings. The van der Waals surface area contributed by atoms with E-state index in [1.54, 1.807) is 31.2 Å². The molecule has 6 nitrogen and oxygen atoms in total. The van der Waals surface area contributed by atoms with Crippen molar-refractivity contribution in [2.75, 3.05) is 6.61 Å². The number of benzene rings is 2. The molecule has 27 heavy (non-hydrogen) atoms.